The average molecular weight is 240 g/mol. The standard InChI is InChI=1S/C10H16N4O3/c1-8(2)11-4-3-5-13-7-9(14(16)17)6-12-10(13)15/h6-8,11H,3-5H2,1-2H3. The van der Waals surface area contributed by atoms with Crippen LogP contribution in [0.2, 0.25) is 0 Å². The van der Waals surface area contributed by atoms with Gasteiger partial charge in [-0.25, -0.2) is 4.79 Å². The maximum Gasteiger partial charge on any atom is 0.347 e. The van der Waals surface area contributed by atoms with E-state index in [0.29, 0.717) is 12.6 Å². The smallest absolute Gasteiger partial charge is 0.314 e. The molecule has 7 nitrogen and oxygen atoms in total. The van der Waals surface area contributed by atoms with E-state index in [4.69, 9.17) is 0 Å². The second-order valence-electron chi connectivity index (χ2n) is 4.01. The van der Waals surface area contributed by atoms with Crippen LogP contribution in [0.25, 0.3) is 0 Å². The monoisotopic (exact) mass is 240 g/mol. The predicted octanol–water partition coefficient (Wildman–Crippen LogP) is 0.540. The largest absolute Gasteiger partial charge is 0.347 e. The summed E-state index contributed by atoms with van der Waals surface area (Å²) in [4.78, 5) is 24.8. The van der Waals surface area contributed by atoms with Crippen LogP contribution >= 0.6 is 0 Å². The topological polar surface area (TPSA) is 90.1 Å². The first kappa shape index (κ1) is 13.3. The fourth-order valence-corrected chi connectivity index (χ4v) is 1.34. The molecule has 1 rings (SSSR count). The molecular weight excluding hydrogens is 224 g/mol. The fourth-order valence-electron chi connectivity index (χ4n) is 1.34. The fraction of sp³-hybridized carbons (Fsp3) is 0.600. The van der Waals surface area contributed by atoms with Crippen molar-refractivity contribution in [2.24, 2.45) is 0 Å². The summed E-state index contributed by atoms with van der Waals surface area (Å²) < 4.78 is 1.26. The number of aryl methyl sites for hydroxylation is 1. The van der Waals surface area contributed by atoms with Crippen molar-refractivity contribution in [3.8, 4) is 0 Å². The molecule has 0 unspecified atom stereocenters. The maximum absolute atomic E-state index is 11.3. The van der Waals surface area contributed by atoms with Gasteiger partial charge in [-0.3, -0.25) is 14.7 Å². The highest BCUT2D eigenvalue weighted by Crippen LogP contribution is 2.04. The van der Waals surface area contributed by atoms with Crippen LogP contribution in [0.3, 0.4) is 0 Å². The van der Waals surface area contributed by atoms with Gasteiger partial charge in [-0.2, -0.15) is 4.98 Å². The quantitative estimate of drug-likeness (QED) is 0.445. The number of hydrogen-bond donors (Lipinski definition) is 1. The SMILES string of the molecule is CC(C)NCCCn1cc([N+](=O)[O-])cnc1=O. The molecular formula is C10H16N4O3. The van der Waals surface area contributed by atoms with Crippen LogP contribution in [0.4, 0.5) is 5.69 Å². The van der Waals surface area contributed by atoms with Crippen LogP contribution in [-0.4, -0.2) is 27.1 Å². The van der Waals surface area contributed by atoms with Crippen LogP contribution in [0.1, 0.15) is 20.3 Å². The third-order valence-corrected chi connectivity index (χ3v) is 2.18. The van der Waals surface area contributed by atoms with Crippen molar-refractivity contribution in [2.75, 3.05) is 6.54 Å². The van der Waals surface area contributed by atoms with Gasteiger partial charge in [-0.05, 0) is 13.0 Å². The molecule has 0 radical (unpaired) electrons. The maximum atomic E-state index is 11.3. The first-order valence-corrected chi connectivity index (χ1v) is 5.45. The predicted molar refractivity (Wildman–Crippen MR) is 62.9 cm³/mol. The van der Waals surface area contributed by atoms with E-state index in [9.17, 15) is 14.9 Å². The van der Waals surface area contributed by atoms with Crippen molar-refractivity contribution >= 4 is 5.69 Å². The summed E-state index contributed by atoms with van der Waals surface area (Å²) in [6, 6.07) is 0.384. The summed E-state index contributed by atoms with van der Waals surface area (Å²) in [6.45, 7) is 5.24. The van der Waals surface area contributed by atoms with Gasteiger partial charge >= 0.3 is 11.4 Å². The molecule has 0 bridgehead atoms. The molecule has 0 saturated carbocycles. The average Bonchev–Trinajstić information content (AvgIpc) is 2.25. The van der Waals surface area contributed by atoms with Crippen LogP contribution in [0, 0.1) is 10.1 Å². The Balaban J connectivity index is 2.61. The lowest BCUT2D eigenvalue weighted by Gasteiger charge is -2.08. The molecule has 0 aliphatic carbocycles. The first-order valence-electron chi connectivity index (χ1n) is 5.45. The molecule has 0 amide bonds. The van der Waals surface area contributed by atoms with Crippen LogP contribution < -0.4 is 11.0 Å². The summed E-state index contributed by atoms with van der Waals surface area (Å²) >= 11 is 0. The Bertz CT molecular complexity index is 441. The van der Waals surface area contributed by atoms with Crippen LogP contribution in [-0.2, 0) is 6.54 Å². The van der Waals surface area contributed by atoms with Gasteiger partial charge in [-0.1, -0.05) is 13.8 Å². The molecule has 94 valence electrons. The van der Waals surface area contributed by atoms with E-state index in [2.05, 4.69) is 10.3 Å². The van der Waals surface area contributed by atoms with Crippen LogP contribution in [0.5, 0.6) is 0 Å². The Morgan fingerprint density at radius 1 is 1.59 bits per heavy atom. The zero-order valence-corrected chi connectivity index (χ0v) is 9.92. The summed E-state index contributed by atoms with van der Waals surface area (Å²) in [6.07, 6.45) is 2.93. The summed E-state index contributed by atoms with van der Waals surface area (Å²) in [7, 11) is 0. The molecule has 1 N–H and O–H groups in total. The molecule has 0 atom stereocenters. The summed E-state index contributed by atoms with van der Waals surface area (Å²) in [5.74, 6) is 0. The van der Waals surface area contributed by atoms with Crippen molar-refractivity contribution in [1.82, 2.24) is 14.9 Å². The molecule has 1 heterocycles. The van der Waals surface area contributed by atoms with Gasteiger partial charge in [0, 0.05) is 12.6 Å². The zero-order chi connectivity index (χ0) is 12.8. The third-order valence-electron chi connectivity index (χ3n) is 2.18. The highest BCUT2D eigenvalue weighted by atomic mass is 16.6. The van der Waals surface area contributed by atoms with Gasteiger partial charge in [0.15, 0.2) is 0 Å². The molecule has 0 aliphatic heterocycles. The van der Waals surface area contributed by atoms with Crippen molar-refractivity contribution in [3.05, 3.63) is 33.0 Å². The molecule has 0 aliphatic rings. The van der Waals surface area contributed by atoms with E-state index in [1.807, 2.05) is 13.8 Å². The van der Waals surface area contributed by atoms with E-state index in [1.165, 1.54) is 10.8 Å². The van der Waals surface area contributed by atoms with Crippen molar-refractivity contribution in [1.29, 1.82) is 0 Å². The van der Waals surface area contributed by atoms with Gasteiger partial charge in [0.2, 0.25) is 0 Å². The Morgan fingerprint density at radius 3 is 2.88 bits per heavy atom. The molecule has 7 heteroatoms. The lowest BCUT2D eigenvalue weighted by atomic mass is 10.3. The molecule has 17 heavy (non-hydrogen) atoms. The number of aromatic nitrogens is 2. The van der Waals surface area contributed by atoms with E-state index >= 15 is 0 Å². The number of nitrogens with zero attached hydrogens (tertiary/aromatic N) is 3. The van der Waals surface area contributed by atoms with Crippen LogP contribution in [0.15, 0.2) is 17.2 Å². The highest BCUT2D eigenvalue weighted by Gasteiger charge is 2.08. The summed E-state index contributed by atoms with van der Waals surface area (Å²) in [5.41, 5.74) is -0.624. The Hall–Kier alpha value is -1.76. The minimum absolute atomic E-state index is 0.165. The molecule has 1 aromatic rings. The second kappa shape index (κ2) is 6.09. The van der Waals surface area contributed by atoms with E-state index in [-0.39, 0.29) is 5.69 Å². The van der Waals surface area contributed by atoms with Gasteiger partial charge in [-0.15, -0.1) is 0 Å². The van der Waals surface area contributed by atoms with E-state index in [0.717, 1.165) is 19.2 Å². The van der Waals surface area contributed by atoms with Crippen molar-refractivity contribution in [3.63, 3.8) is 0 Å². The molecule has 0 aromatic carbocycles. The van der Waals surface area contributed by atoms with E-state index in [1.54, 1.807) is 0 Å². The Labute approximate surface area is 98.6 Å². The van der Waals surface area contributed by atoms with Gasteiger partial charge in [0.1, 0.15) is 6.20 Å². The second-order valence-corrected chi connectivity index (χ2v) is 4.01. The summed E-state index contributed by atoms with van der Waals surface area (Å²) in [5, 5.41) is 13.7. The normalized spacial score (nSPS) is 10.8. The zero-order valence-electron chi connectivity index (χ0n) is 9.92. The third kappa shape index (κ3) is 4.31. The molecule has 0 saturated heterocycles. The van der Waals surface area contributed by atoms with Gasteiger partial charge < -0.3 is 5.32 Å². The minimum Gasteiger partial charge on any atom is -0.314 e. The Morgan fingerprint density at radius 2 is 2.29 bits per heavy atom. The number of hydrogen-bond acceptors (Lipinski definition) is 5. The lowest BCUT2D eigenvalue weighted by Crippen LogP contribution is -2.27. The number of nitro groups is 1. The number of nitrogens with one attached hydrogen (secondary N) is 1. The van der Waals surface area contributed by atoms with Gasteiger partial charge in [0.05, 0.1) is 11.1 Å². The van der Waals surface area contributed by atoms with Crippen molar-refractivity contribution in [2.45, 2.75) is 32.9 Å². The first-order chi connectivity index (χ1) is 8.00. The Kier molecular flexibility index (Phi) is 4.77. The van der Waals surface area contributed by atoms with Gasteiger partial charge in [0.25, 0.3) is 0 Å². The minimum atomic E-state index is -0.560. The molecule has 1 aromatic heterocycles. The number of rotatable bonds is 6. The highest BCUT2D eigenvalue weighted by molar-refractivity contribution is 5.20. The molecule has 0 fully saturated rings. The van der Waals surface area contributed by atoms with E-state index < -0.39 is 10.6 Å². The van der Waals surface area contributed by atoms with Crippen molar-refractivity contribution < 1.29 is 4.92 Å². The lowest BCUT2D eigenvalue weighted by molar-refractivity contribution is -0.385. The molecule has 0 spiro atoms.